The molecule has 78 valence electrons. The summed E-state index contributed by atoms with van der Waals surface area (Å²) in [7, 11) is 1.90. The van der Waals surface area contributed by atoms with Gasteiger partial charge in [-0.3, -0.25) is 4.79 Å². The fraction of sp³-hybridized carbons (Fsp3) is 0.556. The molecule has 0 aliphatic rings. The van der Waals surface area contributed by atoms with Crippen LogP contribution in [0.1, 0.15) is 6.92 Å². The lowest BCUT2D eigenvalue weighted by molar-refractivity contribution is 0.587. The SMILES string of the molecule is CC(CN)CN(C)c1cc(=O)[nH]cn1. The van der Waals surface area contributed by atoms with E-state index in [2.05, 4.69) is 16.9 Å². The molecule has 0 aromatic carbocycles. The number of aromatic nitrogens is 2. The highest BCUT2D eigenvalue weighted by molar-refractivity contribution is 5.34. The van der Waals surface area contributed by atoms with Gasteiger partial charge in [0.05, 0.1) is 6.33 Å². The maximum Gasteiger partial charge on any atom is 0.252 e. The van der Waals surface area contributed by atoms with E-state index >= 15 is 0 Å². The number of H-pyrrole nitrogens is 1. The second-order valence-corrected chi connectivity index (χ2v) is 3.49. The van der Waals surface area contributed by atoms with E-state index in [9.17, 15) is 4.79 Å². The normalized spacial score (nSPS) is 12.5. The summed E-state index contributed by atoms with van der Waals surface area (Å²) in [6.07, 6.45) is 1.40. The molecule has 1 heterocycles. The van der Waals surface area contributed by atoms with Crippen molar-refractivity contribution in [2.24, 2.45) is 11.7 Å². The molecule has 1 rings (SSSR count). The van der Waals surface area contributed by atoms with Gasteiger partial charge >= 0.3 is 0 Å². The number of hydrogen-bond donors (Lipinski definition) is 2. The van der Waals surface area contributed by atoms with Crippen molar-refractivity contribution in [3.8, 4) is 0 Å². The number of aromatic amines is 1. The number of hydrogen-bond acceptors (Lipinski definition) is 4. The van der Waals surface area contributed by atoms with Crippen LogP contribution >= 0.6 is 0 Å². The number of nitrogens with one attached hydrogen (secondary N) is 1. The second-order valence-electron chi connectivity index (χ2n) is 3.49. The van der Waals surface area contributed by atoms with Gasteiger partial charge in [0.2, 0.25) is 0 Å². The quantitative estimate of drug-likeness (QED) is 0.699. The Morgan fingerprint density at radius 2 is 2.43 bits per heavy atom. The van der Waals surface area contributed by atoms with E-state index in [-0.39, 0.29) is 5.56 Å². The molecule has 0 aliphatic carbocycles. The molecule has 3 N–H and O–H groups in total. The molecule has 14 heavy (non-hydrogen) atoms. The molecule has 0 radical (unpaired) electrons. The van der Waals surface area contributed by atoms with E-state index in [1.807, 2.05) is 11.9 Å². The van der Waals surface area contributed by atoms with Crippen LogP contribution in [0, 0.1) is 5.92 Å². The van der Waals surface area contributed by atoms with Crippen LogP contribution in [-0.2, 0) is 0 Å². The van der Waals surface area contributed by atoms with E-state index in [0.717, 1.165) is 6.54 Å². The first-order valence-electron chi connectivity index (χ1n) is 4.59. The van der Waals surface area contributed by atoms with Crippen molar-refractivity contribution in [3.63, 3.8) is 0 Å². The van der Waals surface area contributed by atoms with Gasteiger partial charge in [-0.25, -0.2) is 4.98 Å². The minimum atomic E-state index is -0.137. The molecule has 0 aliphatic heterocycles. The van der Waals surface area contributed by atoms with Crippen molar-refractivity contribution >= 4 is 5.82 Å². The maximum atomic E-state index is 11.0. The van der Waals surface area contributed by atoms with Gasteiger partial charge < -0.3 is 15.6 Å². The largest absolute Gasteiger partial charge is 0.359 e. The molecule has 0 amide bonds. The van der Waals surface area contributed by atoms with E-state index < -0.39 is 0 Å². The van der Waals surface area contributed by atoms with Gasteiger partial charge in [-0.2, -0.15) is 0 Å². The molecule has 0 saturated carbocycles. The highest BCUT2D eigenvalue weighted by Crippen LogP contribution is 2.05. The van der Waals surface area contributed by atoms with Crippen LogP contribution in [0.25, 0.3) is 0 Å². The van der Waals surface area contributed by atoms with Gasteiger partial charge in [0.15, 0.2) is 0 Å². The van der Waals surface area contributed by atoms with Crippen molar-refractivity contribution in [1.82, 2.24) is 9.97 Å². The molecular weight excluding hydrogens is 180 g/mol. The Labute approximate surface area is 83.0 Å². The maximum absolute atomic E-state index is 11.0. The second kappa shape index (κ2) is 4.76. The van der Waals surface area contributed by atoms with Crippen LogP contribution in [0.5, 0.6) is 0 Å². The van der Waals surface area contributed by atoms with Crippen LogP contribution in [-0.4, -0.2) is 30.1 Å². The molecular formula is C9H16N4O. The van der Waals surface area contributed by atoms with Gasteiger partial charge in [-0.05, 0) is 12.5 Å². The Balaban J connectivity index is 2.69. The predicted octanol–water partition coefficient (Wildman–Crippen LogP) is -0.199. The molecule has 0 spiro atoms. The lowest BCUT2D eigenvalue weighted by atomic mass is 10.2. The van der Waals surface area contributed by atoms with Crippen molar-refractivity contribution < 1.29 is 0 Å². The molecule has 0 fully saturated rings. The third-order valence-electron chi connectivity index (χ3n) is 2.04. The summed E-state index contributed by atoms with van der Waals surface area (Å²) in [4.78, 5) is 19.5. The molecule has 1 unspecified atom stereocenters. The molecule has 0 bridgehead atoms. The van der Waals surface area contributed by atoms with Gasteiger partial charge in [0, 0.05) is 19.7 Å². The highest BCUT2D eigenvalue weighted by atomic mass is 16.1. The zero-order valence-corrected chi connectivity index (χ0v) is 8.53. The van der Waals surface area contributed by atoms with Crippen molar-refractivity contribution in [3.05, 3.63) is 22.7 Å². The first-order chi connectivity index (χ1) is 6.63. The third-order valence-corrected chi connectivity index (χ3v) is 2.04. The first-order valence-corrected chi connectivity index (χ1v) is 4.59. The minimum Gasteiger partial charge on any atom is -0.359 e. The van der Waals surface area contributed by atoms with Crippen molar-refractivity contribution in [2.45, 2.75) is 6.92 Å². The molecule has 0 saturated heterocycles. The molecule has 1 atom stereocenters. The van der Waals surface area contributed by atoms with E-state index in [1.54, 1.807) is 0 Å². The van der Waals surface area contributed by atoms with Gasteiger partial charge in [0.1, 0.15) is 5.82 Å². The zero-order valence-electron chi connectivity index (χ0n) is 8.53. The van der Waals surface area contributed by atoms with Gasteiger partial charge in [-0.1, -0.05) is 6.92 Å². The monoisotopic (exact) mass is 196 g/mol. The summed E-state index contributed by atoms with van der Waals surface area (Å²) < 4.78 is 0. The molecule has 1 aromatic heterocycles. The van der Waals surface area contributed by atoms with Crippen molar-refractivity contribution in [1.29, 1.82) is 0 Å². The van der Waals surface area contributed by atoms with Crippen LogP contribution in [0.4, 0.5) is 5.82 Å². The Bertz CT molecular complexity index is 336. The van der Waals surface area contributed by atoms with Crippen LogP contribution in [0.2, 0.25) is 0 Å². The third kappa shape index (κ3) is 2.85. The highest BCUT2D eigenvalue weighted by Gasteiger charge is 2.06. The van der Waals surface area contributed by atoms with E-state index in [1.165, 1.54) is 12.4 Å². The standard InChI is InChI=1S/C9H16N4O/c1-7(4-10)5-13(2)8-3-9(14)12-6-11-8/h3,6-7H,4-5,10H2,1-2H3,(H,11,12,14). The Morgan fingerprint density at radius 3 is 3.00 bits per heavy atom. The lowest BCUT2D eigenvalue weighted by Gasteiger charge is -2.20. The number of nitrogens with zero attached hydrogens (tertiary/aromatic N) is 2. The Hall–Kier alpha value is -1.36. The average molecular weight is 196 g/mol. The van der Waals surface area contributed by atoms with Crippen molar-refractivity contribution in [2.75, 3.05) is 25.0 Å². The Kier molecular flexibility index (Phi) is 3.64. The first kappa shape index (κ1) is 10.7. The fourth-order valence-corrected chi connectivity index (χ4v) is 1.20. The molecule has 5 heteroatoms. The van der Waals surface area contributed by atoms with Gasteiger partial charge in [-0.15, -0.1) is 0 Å². The average Bonchev–Trinajstić information content (AvgIpc) is 2.17. The summed E-state index contributed by atoms with van der Waals surface area (Å²) in [6.45, 7) is 3.49. The summed E-state index contributed by atoms with van der Waals surface area (Å²) in [5.74, 6) is 1.06. The molecule has 5 nitrogen and oxygen atoms in total. The predicted molar refractivity (Wildman–Crippen MR) is 56.3 cm³/mol. The Morgan fingerprint density at radius 1 is 1.71 bits per heavy atom. The lowest BCUT2D eigenvalue weighted by Crippen LogP contribution is -2.29. The van der Waals surface area contributed by atoms with E-state index in [0.29, 0.717) is 18.3 Å². The summed E-state index contributed by atoms with van der Waals surface area (Å²) >= 11 is 0. The fourth-order valence-electron chi connectivity index (χ4n) is 1.20. The zero-order chi connectivity index (χ0) is 10.6. The number of anilines is 1. The van der Waals surface area contributed by atoms with Gasteiger partial charge in [0.25, 0.3) is 5.56 Å². The molecule has 1 aromatic rings. The summed E-state index contributed by atoms with van der Waals surface area (Å²) in [5.41, 5.74) is 5.38. The smallest absolute Gasteiger partial charge is 0.252 e. The van der Waals surface area contributed by atoms with Crippen LogP contribution in [0.3, 0.4) is 0 Å². The minimum absolute atomic E-state index is 0.137. The topological polar surface area (TPSA) is 75.0 Å². The van der Waals surface area contributed by atoms with E-state index in [4.69, 9.17) is 5.73 Å². The summed E-state index contributed by atoms with van der Waals surface area (Å²) in [6, 6.07) is 1.48. The number of rotatable bonds is 4. The number of nitrogens with two attached hydrogens (primary N) is 1. The summed E-state index contributed by atoms with van der Waals surface area (Å²) in [5, 5.41) is 0. The van der Waals surface area contributed by atoms with Crippen LogP contribution < -0.4 is 16.2 Å². The van der Waals surface area contributed by atoms with Crippen LogP contribution in [0.15, 0.2) is 17.2 Å².